The molecule has 0 aliphatic heterocycles. The van der Waals surface area contributed by atoms with Crippen molar-refractivity contribution in [3.63, 3.8) is 0 Å². The Morgan fingerprint density at radius 1 is 1.00 bits per heavy atom. The summed E-state index contributed by atoms with van der Waals surface area (Å²) in [6, 6.07) is 9.27. The maximum Gasteiger partial charge on any atom is 0.354 e. The molecule has 0 aliphatic rings. The molecule has 1 heterocycles. The Balaban J connectivity index is 2.67. The zero-order chi connectivity index (χ0) is 14.7. The highest BCUT2D eigenvalue weighted by atomic mass is 16.5. The third-order valence-electron chi connectivity index (χ3n) is 3.09. The molecule has 0 saturated carbocycles. The number of carbonyl (C=O) groups excluding carboxylic acids is 2. The Morgan fingerprint density at radius 2 is 1.60 bits per heavy atom. The summed E-state index contributed by atoms with van der Waals surface area (Å²) in [5.74, 6) is -1.01. The van der Waals surface area contributed by atoms with Crippen LogP contribution in [0.5, 0.6) is 0 Å². The average molecular weight is 273 g/mol. The van der Waals surface area contributed by atoms with Gasteiger partial charge >= 0.3 is 11.9 Å². The summed E-state index contributed by atoms with van der Waals surface area (Å²) in [5, 5.41) is 0. The summed E-state index contributed by atoms with van der Waals surface area (Å²) in [7, 11) is 2.60. The van der Waals surface area contributed by atoms with Gasteiger partial charge in [-0.05, 0) is 18.1 Å². The summed E-state index contributed by atoms with van der Waals surface area (Å²) < 4.78 is 9.51. The summed E-state index contributed by atoms with van der Waals surface area (Å²) >= 11 is 0. The molecule has 2 aromatic rings. The van der Waals surface area contributed by atoms with Crippen LogP contribution in [0.4, 0.5) is 0 Å². The van der Waals surface area contributed by atoms with Crippen molar-refractivity contribution in [2.45, 2.75) is 6.92 Å². The van der Waals surface area contributed by atoms with Crippen molar-refractivity contribution in [3.8, 4) is 11.3 Å². The van der Waals surface area contributed by atoms with Gasteiger partial charge in [0.2, 0.25) is 0 Å². The number of methoxy groups -OCH3 is 2. The molecule has 0 fully saturated rings. The summed E-state index contributed by atoms with van der Waals surface area (Å²) in [5.41, 5.74) is 2.47. The lowest BCUT2D eigenvalue weighted by Crippen LogP contribution is -2.06. The lowest BCUT2D eigenvalue weighted by molar-refractivity contribution is 0.0593. The zero-order valence-corrected chi connectivity index (χ0v) is 11.5. The van der Waals surface area contributed by atoms with E-state index in [0.29, 0.717) is 16.8 Å². The van der Waals surface area contributed by atoms with Crippen molar-refractivity contribution in [2.24, 2.45) is 0 Å². The first-order chi connectivity index (χ1) is 9.60. The van der Waals surface area contributed by atoms with Crippen LogP contribution in [-0.2, 0) is 9.47 Å². The molecule has 0 amide bonds. The Labute approximate surface area is 116 Å². The van der Waals surface area contributed by atoms with Gasteiger partial charge in [-0.25, -0.2) is 9.59 Å². The predicted octanol–water partition coefficient (Wildman–Crippen LogP) is 2.56. The molecule has 0 atom stereocenters. The number of nitrogens with one attached hydrogen (secondary N) is 1. The summed E-state index contributed by atoms with van der Waals surface area (Å²) in [6.45, 7) is 1.68. The molecule has 5 nitrogen and oxygen atoms in total. The maximum absolute atomic E-state index is 12.0. The zero-order valence-electron chi connectivity index (χ0n) is 11.5. The van der Waals surface area contributed by atoms with Gasteiger partial charge in [0.1, 0.15) is 5.69 Å². The number of H-pyrrole nitrogens is 1. The molecule has 104 valence electrons. The lowest BCUT2D eigenvalue weighted by Gasteiger charge is -2.03. The van der Waals surface area contributed by atoms with Gasteiger partial charge in [-0.1, -0.05) is 30.3 Å². The van der Waals surface area contributed by atoms with E-state index in [2.05, 4.69) is 4.98 Å². The van der Waals surface area contributed by atoms with E-state index in [0.717, 1.165) is 5.56 Å². The quantitative estimate of drug-likeness (QED) is 0.873. The predicted molar refractivity (Wildman–Crippen MR) is 73.6 cm³/mol. The van der Waals surface area contributed by atoms with Gasteiger partial charge in [0.15, 0.2) is 0 Å². The van der Waals surface area contributed by atoms with E-state index >= 15 is 0 Å². The van der Waals surface area contributed by atoms with Gasteiger partial charge in [0, 0.05) is 0 Å². The van der Waals surface area contributed by atoms with Crippen LogP contribution in [0.15, 0.2) is 30.3 Å². The third-order valence-corrected chi connectivity index (χ3v) is 3.09. The van der Waals surface area contributed by atoms with Gasteiger partial charge in [0.25, 0.3) is 0 Å². The highest BCUT2D eigenvalue weighted by Gasteiger charge is 2.25. The number of esters is 2. The fourth-order valence-corrected chi connectivity index (χ4v) is 2.08. The smallest absolute Gasteiger partial charge is 0.354 e. The van der Waals surface area contributed by atoms with E-state index in [1.165, 1.54) is 14.2 Å². The highest BCUT2D eigenvalue weighted by Crippen LogP contribution is 2.28. The van der Waals surface area contributed by atoms with Crippen LogP contribution in [0, 0.1) is 6.92 Å². The molecule has 1 aromatic carbocycles. The second-order valence-electron chi connectivity index (χ2n) is 4.22. The van der Waals surface area contributed by atoms with Crippen LogP contribution in [-0.4, -0.2) is 31.1 Å². The highest BCUT2D eigenvalue weighted by molar-refractivity contribution is 6.02. The molecule has 2 rings (SSSR count). The molecule has 1 N–H and O–H groups in total. The standard InChI is InChI=1S/C15H15NO4/c1-9-11(14(17)19-2)13(10-7-5-4-6-8-10)16-12(9)15(18)20-3/h4-8,16H,1-3H3. The van der Waals surface area contributed by atoms with E-state index in [9.17, 15) is 9.59 Å². The second-order valence-corrected chi connectivity index (χ2v) is 4.22. The van der Waals surface area contributed by atoms with Crippen molar-refractivity contribution >= 4 is 11.9 Å². The monoisotopic (exact) mass is 273 g/mol. The van der Waals surface area contributed by atoms with Crippen molar-refractivity contribution in [2.75, 3.05) is 14.2 Å². The minimum absolute atomic E-state index is 0.256. The Hall–Kier alpha value is -2.56. The number of benzene rings is 1. The second kappa shape index (κ2) is 5.61. The van der Waals surface area contributed by atoms with Gasteiger partial charge in [-0.15, -0.1) is 0 Å². The first-order valence-corrected chi connectivity index (χ1v) is 6.04. The molecule has 20 heavy (non-hydrogen) atoms. The van der Waals surface area contributed by atoms with Crippen LogP contribution in [0.1, 0.15) is 26.4 Å². The number of ether oxygens (including phenoxy) is 2. The molecular formula is C15H15NO4. The normalized spacial score (nSPS) is 10.2. The maximum atomic E-state index is 12.0. The van der Waals surface area contributed by atoms with Crippen molar-refractivity contribution in [1.82, 2.24) is 4.98 Å². The van der Waals surface area contributed by atoms with Crippen LogP contribution in [0.2, 0.25) is 0 Å². The van der Waals surface area contributed by atoms with Crippen molar-refractivity contribution in [3.05, 3.63) is 47.2 Å². The first-order valence-electron chi connectivity index (χ1n) is 6.04. The number of carbonyl (C=O) groups is 2. The van der Waals surface area contributed by atoms with Crippen LogP contribution in [0.3, 0.4) is 0 Å². The molecule has 0 unspecified atom stereocenters. The Bertz CT molecular complexity index is 643. The summed E-state index contributed by atoms with van der Waals surface area (Å²) in [6.07, 6.45) is 0. The number of rotatable bonds is 3. The van der Waals surface area contributed by atoms with Gasteiger partial charge < -0.3 is 14.5 Å². The number of hydrogen-bond donors (Lipinski definition) is 1. The van der Waals surface area contributed by atoms with Crippen LogP contribution < -0.4 is 0 Å². The number of aromatic nitrogens is 1. The third kappa shape index (κ3) is 2.30. The average Bonchev–Trinajstić information content (AvgIpc) is 2.84. The van der Waals surface area contributed by atoms with E-state index in [1.54, 1.807) is 6.92 Å². The number of aromatic amines is 1. The molecule has 0 spiro atoms. The minimum Gasteiger partial charge on any atom is -0.465 e. The molecule has 0 bridgehead atoms. The lowest BCUT2D eigenvalue weighted by atomic mass is 10.0. The van der Waals surface area contributed by atoms with Crippen molar-refractivity contribution < 1.29 is 19.1 Å². The summed E-state index contributed by atoms with van der Waals surface area (Å²) in [4.78, 5) is 26.7. The first kappa shape index (κ1) is 13.9. The van der Waals surface area contributed by atoms with E-state index in [4.69, 9.17) is 9.47 Å². The topological polar surface area (TPSA) is 68.4 Å². The van der Waals surface area contributed by atoms with Gasteiger partial charge in [0.05, 0.1) is 25.5 Å². The molecule has 0 aliphatic carbocycles. The molecular weight excluding hydrogens is 258 g/mol. The SMILES string of the molecule is COC(=O)c1[nH]c(-c2ccccc2)c(C(=O)OC)c1C. The van der Waals surface area contributed by atoms with Crippen LogP contribution >= 0.6 is 0 Å². The largest absolute Gasteiger partial charge is 0.465 e. The Morgan fingerprint density at radius 3 is 2.15 bits per heavy atom. The molecule has 0 saturated heterocycles. The molecule has 0 radical (unpaired) electrons. The molecule has 5 heteroatoms. The molecule has 1 aromatic heterocycles. The fourth-order valence-electron chi connectivity index (χ4n) is 2.08. The van der Waals surface area contributed by atoms with Gasteiger partial charge in [-0.2, -0.15) is 0 Å². The van der Waals surface area contributed by atoms with E-state index < -0.39 is 11.9 Å². The van der Waals surface area contributed by atoms with E-state index in [-0.39, 0.29) is 5.69 Å². The fraction of sp³-hybridized carbons (Fsp3) is 0.200. The number of hydrogen-bond acceptors (Lipinski definition) is 4. The Kier molecular flexibility index (Phi) is 3.89. The van der Waals surface area contributed by atoms with Crippen molar-refractivity contribution in [1.29, 1.82) is 0 Å². The minimum atomic E-state index is -0.519. The van der Waals surface area contributed by atoms with Crippen LogP contribution in [0.25, 0.3) is 11.3 Å². The van der Waals surface area contributed by atoms with E-state index in [1.807, 2.05) is 30.3 Å². The van der Waals surface area contributed by atoms with Gasteiger partial charge in [-0.3, -0.25) is 0 Å².